The first kappa shape index (κ1) is 16.6. The number of ether oxygens (including phenoxy) is 2. The second-order valence-electron chi connectivity index (χ2n) is 4.28. The van der Waals surface area contributed by atoms with Crippen molar-refractivity contribution in [1.29, 1.82) is 0 Å². The van der Waals surface area contributed by atoms with Crippen LogP contribution in [0.1, 0.15) is 36.5 Å². The number of carbonyl (C=O) groups is 2. The molecule has 0 fully saturated rings. The highest BCUT2D eigenvalue weighted by Gasteiger charge is 2.19. The summed E-state index contributed by atoms with van der Waals surface area (Å²) in [5.74, 6) is 0.552. The van der Waals surface area contributed by atoms with Crippen LogP contribution in [-0.4, -0.2) is 30.7 Å². The van der Waals surface area contributed by atoms with E-state index in [9.17, 15) is 19.7 Å². The number of methoxy groups -OCH3 is 1. The van der Waals surface area contributed by atoms with Crippen LogP contribution >= 0.6 is 0 Å². The van der Waals surface area contributed by atoms with Gasteiger partial charge in [0, 0.05) is 18.9 Å². The zero-order valence-electron chi connectivity index (χ0n) is 12.0. The minimum atomic E-state index is -0.656. The molecule has 0 aromatic heterocycles. The molecule has 0 saturated carbocycles. The Kier molecular flexibility index (Phi) is 6.32. The average molecular weight is 295 g/mol. The highest BCUT2D eigenvalue weighted by molar-refractivity contribution is 5.83. The Morgan fingerprint density at radius 1 is 1.38 bits per heavy atom. The van der Waals surface area contributed by atoms with Crippen LogP contribution in [-0.2, 0) is 4.79 Å². The van der Waals surface area contributed by atoms with E-state index in [0.717, 1.165) is 6.07 Å². The molecule has 0 aliphatic carbocycles. The number of aldehydes is 1. The van der Waals surface area contributed by atoms with Crippen molar-refractivity contribution in [2.45, 2.75) is 26.2 Å². The van der Waals surface area contributed by atoms with Crippen molar-refractivity contribution >= 4 is 17.8 Å². The molecule has 1 aromatic rings. The van der Waals surface area contributed by atoms with Gasteiger partial charge in [-0.1, -0.05) is 6.92 Å². The molecular weight excluding hydrogens is 278 g/mol. The van der Waals surface area contributed by atoms with Gasteiger partial charge < -0.3 is 9.47 Å². The first-order chi connectivity index (χ1) is 10.0. The molecule has 0 N–H and O–H groups in total. The van der Waals surface area contributed by atoms with Gasteiger partial charge in [-0.2, -0.15) is 0 Å². The molecule has 0 amide bonds. The molecule has 0 unspecified atom stereocenters. The van der Waals surface area contributed by atoms with Gasteiger partial charge in [0.25, 0.3) is 5.69 Å². The van der Waals surface area contributed by atoms with Crippen LogP contribution < -0.4 is 9.47 Å². The standard InChI is InChI=1S/C14H17NO6/c1-3-11(17)5-4-6-21-14-8-12(15(18)19)10(9-16)7-13(14)20-2/h7-9H,3-6H2,1-2H3. The third-order valence-electron chi connectivity index (χ3n) is 2.89. The van der Waals surface area contributed by atoms with Crippen LogP contribution in [0.4, 0.5) is 5.69 Å². The SMILES string of the molecule is CCC(=O)CCCOc1cc([N+](=O)[O-])c(C=O)cc1OC. The molecule has 0 aliphatic rings. The van der Waals surface area contributed by atoms with E-state index in [0.29, 0.717) is 25.5 Å². The quantitative estimate of drug-likeness (QED) is 0.300. The van der Waals surface area contributed by atoms with E-state index in [1.165, 1.54) is 13.2 Å². The van der Waals surface area contributed by atoms with E-state index >= 15 is 0 Å². The fourth-order valence-corrected chi connectivity index (χ4v) is 1.72. The van der Waals surface area contributed by atoms with Gasteiger partial charge in [-0.05, 0) is 6.42 Å². The topological polar surface area (TPSA) is 95.7 Å². The molecule has 21 heavy (non-hydrogen) atoms. The van der Waals surface area contributed by atoms with Crippen molar-refractivity contribution < 1.29 is 24.0 Å². The van der Waals surface area contributed by atoms with E-state index in [1.807, 2.05) is 0 Å². The number of nitro groups is 1. The maximum atomic E-state index is 11.2. The van der Waals surface area contributed by atoms with Gasteiger partial charge >= 0.3 is 0 Å². The predicted octanol–water partition coefficient (Wildman–Crippen LogP) is 2.55. The molecule has 0 atom stereocenters. The van der Waals surface area contributed by atoms with Gasteiger partial charge in [0.1, 0.15) is 5.78 Å². The van der Waals surface area contributed by atoms with Crippen molar-refractivity contribution in [3.05, 3.63) is 27.8 Å². The number of rotatable bonds is 9. The number of hydrogen-bond donors (Lipinski definition) is 0. The van der Waals surface area contributed by atoms with Crippen molar-refractivity contribution in [3.63, 3.8) is 0 Å². The number of hydrogen-bond acceptors (Lipinski definition) is 6. The summed E-state index contributed by atoms with van der Waals surface area (Å²) >= 11 is 0. The van der Waals surface area contributed by atoms with Crippen LogP contribution in [0, 0.1) is 10.1 Å². The largest absolute Gasteiger partial charge is 0.493 e. The molecule has 0 spiro atoms. The Labute approximate surface area is 122 Å². The monoisotopic (exact) mass is 295 g/mol. The van der Waals surface area contributed by atoms with Gasteiger partial charge in [-0.3, -0.25) is 19.7 Å². The summed E-state index contributed by atoms with van der Waals surface area (Å²) < 4.78 is 10.5. The van der Waals surface area contributed by atoms with Gasteiger partial charge in [0.2, 0.25) is 0 Å². The Balaban J connectivity index is 2.85. The zero-order chi connectivity index (χ0) is 15.8. The van der Waals surface area contributed by atoms with Gasteiger partial charge in [0.15, 0.2) is 17.8 Å². The maximum Gasteiger partial charge on any atom is 0.283 e. The lowest BCUT2D eigenvalue weighted by atomic mass is 10.1. The minimum absolute atomic E-state index is 0.0784. The minimum Gasteiger partial charge on any atom is -0.493 e. The predicted molar refractivity (Wildman–Crippen MR) is 75.1 cm³/mol. The molecule has 0 heterocycles. The lowest BCUT2D eigenvalue weighted by Gasteiger charge is -2.11. The summed E-state index contributed by atoms with van der Waals surface area (Å²) in [6.07, 6.45) is 1.78. The summed E-state index contributed by atoms with van der Waals surface area (Å²) in [5, 5.41) is 10.9. The zero-order valence-corrected chi connectivity index (χ0v) is 12.0. The highest BCUT2D eigenvalue weighted by atomic mass is 16.6. The molecule has 0 saturated heterocycles. The molecule has 114 valence electrons. The summed E-state index contributed by atoms with van der Waals surface area (Å²) in [4.78, 5) is 32.2. The van der Waals surface area contributed by atoms with Gasteiger partial charge in [-0.25, -0.2) is 0 Å². The molecule has 0 bridgehead atoms. The third kappa shape index (κ3) is 4.55. The number of carbonyl (C=O) groups excluding carboxylic acids is 2. The van der Waals surface area contributed by atoms with E-state index in [-0.39, 0.29) is 35.1 Å². The van der Waals surface area contributed by atoms with Gasteiger partial charge in [0.05, 0.1) is 30.3 Å². The first-order valence-electron chi connectivity index (χ1n) is 6.49. The normalized spacial score (nSPS) is 10.0. The highest BCUT2D eigenvalue weighted by Crippen LogP contribution is 2.34. The lowest BCUT2D eigenvalue weighted by molar-refractivity contribution is -0.385. The van der Waals surface area contributed by atoms with Crippen LogP contribution in [0.3, 0.4) is 0 Å². The smallest absolute Gasteiger partial charge is 0.283 e. The Bertz CT molecular complexity index is 541. The molecule has 7 nitrogen and oxygen atoms in total. The Morgan fingerprint density at radius 2 is 2.10 bits per heavy atom. The molecule has 7 heteroatoms. The van der Waals surface area contributed by atoms with Crippen molar-refractivity contribution in [2.75, 3.05) is 13.7 Å². The summed E-state index contributed by atoms with van der Waals surface area (Å²) in [7, 11) is 1.38. The Hall–Kier alpha value is -2.44. The van der Waals surface area contributed by atoms with E-state index in [2.05, 4.69) is 0 Å². The first-order valence-corrected chi connectivity index (χ1v) is 6.49. The number of ketones is 1. The lowest BCUT2D eigenvalue weighted by Crippen LogP contribution is -2.04. The van der Waals surface area contributed by atoms with E-state index in [4.69, 9.17) is 9.47 Å². The molecule has 0 radical (unpaired) electrons. The molecular formula is C14H17NO6. The number of nitrogens with zero attached hydrogens (tertiary/aromatic N) is 1. The van der Waals surface area contributed by atoms with E-state index < -0.39 is 4.92 Å². The average Bonchev–Trinajstić information content (AvgIpc) is 2.50. The number of Topliss-reactive ketones (excluding diaryl/α,β-unsaturated/α-hetero) is 1. The van der Waals surface area contributed by atoms with Crippen molar-refractivity contribution in [2.24, 2.45) is 0 Å². The summed E-state index contributed by atoms with van der Waals surface area (Å²) in [5.41, 5.74) is -0.421. The number of nitro benzene ring substituents is 1. The third-order valence-corrected chi connectivity index (χ3v) is 2.89. The Morgan fingerprint density at radius 3 is 2.62 bits per heavy atom. The van der Waals surface area contributed by atoms with E-state index in [1.54, 1.807) is 6.92 Å². The van der Waals surface area contributed by atoms with Crippen molar-refractivity contribution in [3.8, 4) is 11.5 Å². The molecule has 0 aliphatic heterocycles. The van der Waals surface area contributed by atoms with Crippen LogP contribution in [0.25, 0.3) is 0 Å². The number of benzene rings is 1. The van der Waals surface area contributed by atoms with Crippen molar-refractivity contribution in [1.82, 2.24) is 0 Å². The second-order valence-corrected chi connectivity index (χ2v) is 4.28. The second kappa shape index (κ2) is 7.98. The fraction of sp³-hybridized carbons (Fsp3) is 0.429. The van der Waals surface area contributed by atoms with Crippen LogP contribution in [0.2, 0.25) is 0 Å². The summed E-state index contributed by atoms with van der Waals surface area (Å²) in [6.45, 7) is 2.02. The van der Waals surface area contributed by atoms with Crippen LogP contribution in [0.15, 0.2) is 12.1 Å². The van der Waals surface area contributed by atoms with Crippen LogP contribution in [0.5, 0.6) is 11.5 Å². The summed E-state index contributed by atoms with van der Waals surface area (Å²) in [6, 6.07) is 2.42. The molecule has 1 aromatic carbocycles. The molecule has 1 rings (SSSR count). The fourth-order valence-electron chi connectivity index (χ4n) is 1.72. The van der Waals surface area contributed by atoms with Gasteiger partial charge in [-0.15, -0.1) is 0 Å². The maximum absolute atomic E-state index is 11.2.